The Morgan fingerprint density at radius 3 is 2.24 bits per heavy atom. The fraction of sp³-hybridized carbons (Fsp3) is 0.143. The Hall–Kier alpha value is -2.15. The largest absolute Gasteiger partial charge is 0.396 e. The lowest BCUT2D eigenvalue weighted by atomic mass is 10.1. The number of rotatable bonds is 4. The van der Waals surface area contributed by atoms with Gasteiger partial charge in [-0.1, -0.05) is 54.6 Å². The zero-order valence-electron chi connectivity index (χ0n) is 15.5. The Morgan fingerprint density at radius 2 is 1.55 bits per heavy atom. The topological polar surface area (TPSA) is 65.0 Å². The number of aliphatic hydroxyl groups is 1. The first-order valence-corrected chi connectivity index (χ1v) is 9.85. The van der Waals surface area contributed by atoms with Gasteiger partial charge in [-0.2, -0.15) is 0 Å². The van der Waals surface area contributed by atoms with Crippen LogP contribution in [0.3, 0.4) is 0 Å². The first-order valence-electron chi connectivity index (χ1n) is 8.83. The molecule has 4 rings (SSSR count). The monoisotopic (exact) mass is 450 g/mol. The second-order valence-corrected chi connectivity index (χ2v) is 7.40. The number of pyridine rings is 1. The maximum absolute atomic E-state index is 8.76. The lowest BCUT2D eigenvalue weighted by Gasteiger charge is -1.96. The van der Waals surface area contributed by atoms with Crippen LogP contribution in [0.2, 0.25) is 0 Å². The molecule has 5 nitrogen and oxygen atoms in total. The zero-order valence-corrected chi connectivity index (χ0v) is 17.8. The number of benzene rings is 2. The molecule has 0 fully saturated rings. The number of para-hydroxylation sites is 1. The summed E-state index contributed by atoms with van der Waals surface area (Å²) in [4.78, 5) is 11.6. The normalized spacial score (nSPS) is 10.1. The van der Waals surface area contributed by atoms with Gasteiger partial charge in [0.2, 0.25) is 0 Å². The molecule has 0 saturated heterocycles. The third-order valence-corrected chi connectivity index (χ3v) is 3.77. The number of hydrogen-bond acceptors (Lipinski definition) is 4. The maximum atomic E-state index is 8.76. The molecule has 0 saturated carbocycles. The van der Waals surface area contributed by atoms with Gasteiger partial charge >= 0.3 is 0 Å². The van der Waals surface area contributed by atoms with Crippen molar-refractivity contribution < 1.29 is 5.11 Å². The lowest BCUT2D eigenvalue weighted by molar-refractivity contribution is 0.297. The highest BCUT2D eigenvalue weighted by molar-refractivity contribution is 6.50. The molecule has 2 heterocycles. The number of aromatic amines is 1. The van der Waals surface area contributed by atoms with Gasteiger partial charge in [0.05, 0.1) is 17.8 Å². The Labute approximate surface area is 185 Å². The fourth-order valence-corrected chi connectivity index (χ4v) is 2.55. The van der Waals surface area contributed by atoms with Crippen molar-refractivity contribution in [3.8, 4) is 0 Å². The summed E-state index contributed by atoms with van der Waals surface area (Å²) in [5.74, 6) is 0.850. The molecule has 0 amide bonds. The van der Waals surface area contributed by atoms with Gasteiger partial charge in [-0.3, -0.25) is 4.98 Å². The van der Waals surface area contributed by atoms with Gasteiger partial charge in [-0.15, -0.1) is 0 Å². The molecule has 0 bridgehead atoms. The summed E-state index contributed by atoms with van der Waals surface area (Å²) in [6.45, 7) is 0.137. The van der Waals surface area contributed by atoms with Crippen LogP contribution in [-0.4, -0.2) is 30.1 Å². The molecule has 0 unspecified atom stereocenters. The van der Waals surface area contributed by atoms with Crippen LogP contribution < -0.4 is 0 Å². The van der Waals surface area contributed by atoms with Crippen molar-refractivity contribution in [2.24, 2.45) is 0 Å². The predicted octanol–water partition coefficient (Wildman–Crippen LogP) is 5.52. The highest BCUT2D eigenvalue weighted by Gasteiger charge is 2.01. The predicted molar refractivity (Wildman–Crippen MR) is 120 cm³/mol. The summed E-state index contributed by atoms with van der Waals surface area (Å²) < 4.78 is 0.417. The molecule has 0 aliphatic rings. The van der Waals surface area contributed by atoms with Crippen LogP contribution in [0.25, 0.3) is 10.9 Å². The Balaban J connectivity index is 0.000000184. The minimum atomic E-state index is 0.137. The average Bonchev–Trinajstić information content (AvgIpc) is 3.16. The van der Waals surface area contributed by atoms with Crippen molar-refractivity contribution in [3.63, 3.8) is 0 Å². The SMILES string of the molecule is ClN(Cl)Cl.OCCc1nc(Cc2ccccc2)c[nH]1.c1ccc2ncccc2c1. The molecular weight excluding hydrogens is 431 g/mol. The molecule has 8 heteroatoms. The van der Waals surface area contributed by atoms with Crippen molar-refractivity contribution in [1.82, 2.24) is 18.4 Å². The minimum absolute atomic E-state index is 0.137. The zero-order chi connectivity index (χ0) is 20.9. The molecule has 2 N–H and O–H groups in total. The highest BCUT2D eigenvalue weighted by atomic mass is 35.6. The van der Waals surface area contributed by atoms with Crippen LogP contribution in [0.1, 0.15) is 17.1 Å². The number of nitrogens with zero attached hydrogens (tertiary/aromatic N) is 3. The molecule has 0 radical (unpaired) electrons. The summed E-state index contributed by atoms with van der Waals surface area (Å²) >= 11 is 13.9. The van der Waals surface area contributed by atoms with Gasteiger partial charge in [-0.25, -0.2) is 4.98 Å². The standard InChI is InChI=1S/C12H14N2O.C9H7N.Cl3N/c15-7-6-12-13-9-11(14-12)8-10-4-2-1-3-5-10;1-2-6-9-8(4-1)5-3-7-10-9;1-4(2)3/h1-5,9,15H,6-8H2,(H,13,14);1-7H;. The van der Waals surface area contributed by atoms with Crippen molar-refractivity contribution in [3.05, 3.63) is 96.2 Å². The van der Waals surface area contributed by atoms with E-state index in [1.807, 2.05) is 54.9 Å². The van der Waals surface area contributed by atoms with E-state index in [2.05, 4.69) is 74.5 Å². The third-order valence-electron chi connectivity index (χ3n) is 3.77. The number of halogens is 3. The van der Waals surface area contributed by atoms with E-state index in [0.717, 1.165) is 23.5 Å². The number of nitrogens with one attached hydrogen (secondary N) is 1. The molecule has 2 aromatic heterocycles. The number of aromatic nitrogens is 3. The summed E-state index contributed by atoms with van der Waals surface area (Å²) in [7, 11) is 0. The number of hydrogen-bond donors (Lipinski definition) is 2. The van der Waals surface area contributed by atoms with Crippen LogP contribution in [0.5, 0.6) is 0 Å². The number of H-pyrrole nitrogens is 1. The van der Waals surface area contributed by atoms with E-state index in [9.17, 15) is 0 Å². The summed E-state index contributed by atoms with van der Waals surface area (Å²) in [6, 6.07) is 22.3. The van der Waals surface area contributed by atoms with Crippen molar-refractivity contribution in [1.29, 1.82) is 0 Å². The van der Waals surface area contributed by atoms with Crippen molar-refractivity contribution in [2.45, 2.75) is 12.8 Å². The van der Waals surface area contributed by atoms with Gasteiger partial charge in [-0.05, 0) is 21.2 Å². The smallest absolute Gasteiger partial charge is 0.108 e. The molecule has 0 aliphatic heterocycles. The quantitative estimate of drug-likeness (QED) is 0.401. The van der Waals surface area contributed by atoms with E-state index < -0.39 is 0 Å². The minimum Gasteiger partial charge on any atom is -0.396 e. The second-order valence-electron chi connectivity index (χ2n) is 5.86. The third kappa shape index (κ3) is 9.26. The van der Waals surface area contributed by atoms with Crippen LogP contribution in [0, 0.1) is 0 Å². The lowest BCUT2D eigenvalue weighted by Crippen LogP contribution is -1.93. The van der Waals surface area contributed by atoms with E-state index in [4.69, 9.17) is 5.11 Å². The van der Waals surface area contributed by atoms with Gasteiger partial charge in [0.25, 0.3) is 0 Å². The molecule has 4 aromatic rings. The first-order chi connectivity index (χ1) is 14.1. The molecule has 29 heavy (non-hydrogen) atoms. The van der Waals surface area contributed by atoms with Gasteiger partial charge in [0.1, 0.15) is 5.82 Å². The summed E-state index contributed by atoms with van der Waals surface area (Å²) in [5.41, 5.74) is 3.33. The fourth-order valence-electron chi connectivity index (χ4n) is 2.55. The molecule has 2 aromatic carbocycles. The van der Waals surface area contributed by atoms with E-state index in [-0.39, 0.29) is 6.61 Å². The average molecular weight is 452 g/mol. The second kappa shape index (κ2) is 13.1. The van der Waals surface area contributed by atoms with Crippen molar-refractivity contribution >= 4 is 46.2 Å². The van der Waals surface area contributed by atoms with E-state index in [0.29, 0.717) is 9.88 Å². The maximum Gasteiger partial charge on any atom is 0.108 e. The molecule has 0 atom stereocenters. The number of imidazole rings is 1. The van der Waals surface area contributed by atoms with E-state index in [1.54, 1.807) is 0 Å². The Morgan fingerprint density at radius 1 is 0.897 bits per heavy atom. The Kier molecular flexibility index (Phi) is 10.5. The number of fused-ring (bicyclic) bond motifs is 1. The van der Waals surface area contributed by atoms with Crippen molar-refractivity contribution in [2.75, 3.05) is 6.61 Å². The first kappa shape index (κ1) is 23.1. The van der Waals surface area contributed by atoms with Gasteiger partial charge < -0.3 is 10.1 Å². The van der Waals surface area contributed by atoms with Crippen LogP contribution >= 0.6 is 35.3 Å². The highest BCUT2D eigenvalue weighted by Crippen LogP contribution is 2.08. The molecule has 152 valence electrons. The molecule has 0 spiro atoms. The van der Waals surface area contributed by atoms with E-state index >= 15 is 0 Å². The van der Waals surface area contributed by atoms with Crippen LogP contribution in [0.4, 0.5) is 0 Å². The molecular formula is C21H21Cl3N4O. The summed E-state index contributed by atoms with van der Waals surface area (Å²) in [5, 5.41) is 9.96. The molecule has 0 aliphatic carbocycles. The van der Waals surface area contributed by atoms with Gasteiger partial charge in [0.15, 0.2) is 0 Å². The number of aliphatic hydroxyl groups excluding tert-OH is 1. The van der Waals surface area contributed by atoms with E-state index in [1.165, 1.54) is 10.9 Å². The Bertz CT molecular complexity index is 896. The van der Waals surface area contributed by atoms with Gasteiger partial charge in [0, 0.05) is 66.0 Å². The van der Waals surface area contributed by atoms with Crippen LogP contribution in [-0.2, 0) is 12.8 Å². The summed E-state index contributed by atoms with van der Waals surface area (Å²) in [6.07, 6.45) is 5.14. The van der Waals surface area contributed by atoms with Crippen LogP contribution in [0.15, 0.2) is 79.1 Å².